The smallest absolute Gasteiger partial charge is 0.255 e. The Morgan fingerprint density at radius 1 is 0.900 bits per heavy atom. The summed E-state index contributed by atoms with van der Waals surface area (Å²) >= 11 is 0. The quantitative estimate of drug-likeness (QED) is 0.618. The van der Waals surface area contributed by atoms with Crippen LogP contribution in [-0.4, -0.2) is 39.8 Å². The number of sulfonamides is 1. The van der Waals surface area contributed by atoms with Crippen LogP contribution in [0.25, 0.3) is 0 Å². The van der Waals surface area contributed by atoms with Gasteiger partial charge in [-0.1, -0.05) is 24.3 Å². The topological polar surface area (TPSA) is 84.9 Å². The van der Waals surface area contributed by atoms with E-state index in [0.29, 0.717) is 22.7 Å². The maximum absolute atomic E-state index is 12.7. The molecule has 3 rings (SSSR count). The van der Waals surface area contributed by atoms with E-state index in [9.17, 15) is 13.2 Å². The summed E-state index contributed by atoms with van der Waals surface area (Å²) in [4.78, 5) is 12.7. The summed E-state index contributed by atoms with van der Waals surface area (Å²) in [6, 6.07) is 20.4. The molecular formula is C22H22N2O5S. The van der Waals surface area contributed by atoms with E-state index in [4.69, 9.17) is 9.47 Å². The Kier molecular flexibility index (Phi) is 6.39. The highest BCUT2D eigenvalue weighted by molar-refractivity contribution is 7.89. The molecule has 0 saturated heterocycles. The number of carbonyl (C=O) groups excluding carboxylic acids is 1. The van der Waals surface area contributed by atoms with Gasteiger partial charge in [0.1, 0.15) is 22.1 Å². The van der Waals surface area contributed by atoms with Gasteiger partial charge in [-0.05, 0) is 48.5 Å². The van der Waals surface area contributed by atoms with E-state index in [1.165, 1.54) is 33.3 Å². The summed E-state index contributed by atoms with van der Waals surface area (Å²) in [6.07, 6.45) is 0. The van der Waals surface area contributed by atoms with Gasteiger partial charge in [-0.25, -0.2) is 12.7 Å². The predicted molar refractivity (Wildman–Crippen MR) is 115 cm³/mol. The molecule has 7 nitrogen and oxygen atoms in total. The number of hydrogen-bond acceptors (Lipinski definition) is 5. The summed E-state index contributed by atoms with van der Waals surface area (Å²) in [7, 11) is 0.500. The molecule has 0 unspecified atom stereocenters. The zero-order valence-electron chi connectivity index (χ0n) is 16.8. The molecule has 1 N–H and O–H groups in total. The first-order valence-corrected chi connectivity index (χ1v) is 10.5. The lowest BCUT2D eigenvalue weighted by Crippen LogP contribution is -2.23. The third kappa shape index (κ3) is 4.79. The molecule has 3 aromatic carbocycles. The molecule has 0 aliphatic carbocycles. The van der Waals surface area contributed by atoms with Gasteiger partial charge in [0.15, 0.2) is 0 Å². The molecule has 30 heavy (non-hydrogen) atoms. The average molecular weight is 426 g/mol. The van der Waals surface area contributed by atoms with Crippen LogP contribution in [0.2, 0.25) is 0 Å². The van der Waals surface area contributed by atoms with Gasteiger partial charge in [0.25, 0.3) is 5.91 Å². The molecule has 3 aromatic rings. The number of amides is 1. The van der Waals surface area contributed by atoms with Gasteiger partial charge in [0.05, 0.1) is 7.11 Å². The highest BCUT2D eigenvalue weighted by Crippen LogP contribution is 2.29. The SMILES string of the molecule is COc1ccc(NC(=O)c2cccc(Oc3ccccc3)c2)cc1S(=O)(=O)N(C)C. The van der Waals surface area contributed by atoms with E-state index in [0.717, 1.165) is 4.31 Å². The largest absolute Gasteiger partial charge is 0.495 e. The Morgan fingerprint density at radius 3 is 2.27 bits per heavy atom. The molecular weight excluding hydrogens is 404 g/mol. The van der Waals surface area contributed by atoms with Gasteiger partial charge in [-0.3, -0.25) is 4.79 Å². The van der Waals surface area contributed by atoms with Crippen molar-refractivity contribution >= 4 is 21.6 Å². The molecule has 0 saturated carbocycles. The highest BCUT2D eigenvalue weighted by Gasteiger charge is 2.23. The number of anilines is 1. The van der Waals surface area contributed by atoms with Crippen molar-refractivity contribution in [3.63, 3.8) is 0 Å². The first-order valence-electron chi connectivity index (χ1n) is 9.06. The fraction of sp³-hybridized carbons (Fsp3) is 0.136. The second-order valence-corrected chi connectivity index (χ2v) is 8.67. The molecule has 1 amide bonds. The molecule has 0 atom stereocenters. The van der Waals surface area contributed by atoms with E-state index in [1.54, 1.807) is 30.3 Å². The number of para-hydroxylation sites is 1. The fourth-order valence-corrected chi connectivity index (χ4v) is 3.76. The van der Waals surface area contributed by atoms with Crippen molar-refractivity contribution in [2.24, 2.45) is 0 Å². The number of nitrogens with zero attached hydrogens (tertiary/aromatic N) is 1. The van der Waals surface area contributed by atoms with Crippen molar-refractivity contribution in [3.05, 3.63) is 78.4 Å². The number of methoxy groups -OCH3 is 1. The maximum atomic E-state index is 12.7. The Morgan fingerprint density at radius 2 is 1.60 bits per heavy atom. The lowest BCUT2D eigenvalue weighted by atomic mass is 10.2. The van der Waals surface area contributed by atoms with Gasteiger partial charge in [-0.15, -0.1) is 0 Å². The van der Waals surface area contributed by atoms with Crippen LogP contribution >= 0.6 is 0 Å². The number of nitrogens with one attached hydrogen (secondary N) is 1. The molecule has 0 radical (unpaired) electrons. The van der Waals surface area contributed by atoms with Crippen LogP contribution < -0.4 is 14.8 Å². The lowest BCUT2D eigenvalue weighted by Gasteiger charge is -2.16. The fourth-order valence-electron chi connectivity index (χ4n) is 2.68. The second-order valence-electron chi connectivity index (χ2n) is 6.55. The second kappa shape index (κ2) is 8.98. The Labute approximate surface area is 175 Å². The zero-order valence-corrected chi connectivity index (χ0v) is 17.6. The summed E-state index contributed by atoms with van der Waals surface area (Å²) in [6.45, 7) is 0. The molecule has 0 aliphatic rings. The van der Waals surface area contributed by atoms with Gasteiger partial charge in [0, 0.05) is 25.3 Å². The summed E-state index contributed by atoms with van der Waals surface area (Å²) in [5.74, 6) is 0.968. The Bertz CT molecular complexity index is 1150. The summed E-state index contributed by atoms with van der Waals surface area (Å²) in [5.41, 5.74) is 0.701. The highest BCUT2D eigenvalue weighted by atomic mass is 32.2. The van der Waals surface area contributed by atoms with Crippen LogP contribution in [0.1, 0.15) is 10.4 Å². The third-order valence-electron chi connectivity index (χ3n) is 4.26. The molecule has 156 valence electrons. The molecule has 0 spiro atoms. The van der Waals surface area contributed by atoms with E-state index < -0.39 is 15.9 Å². The summed E-state index contributed by atoms with van der Waals surface area (Å²) in [5, 5.41) is 2.72. The van der Waals surface area contributed by atoms with Crippen molar-refractivity contribution in [1.82, 2.24) is 4.31 Å². The van der Waals surface area contributed by atoms with Gasteiger partial charge >= 0.3 is 0 Å². The van der Waals surface area contributed by atoms with E-state index in [1.807, 2.05) is 30.3 Å². The standard InChI is InChI=1S/C22H22N2O5S/c1-24(2)30(26,27)21-15-17(12-13-20(21)28-3)23-22(25)16-8-7-11-19(14-16)29-18-9-5-4-6-10-18/h4-15H,1-3H3,(H,23,25). The first-order chi connectivity index (χ1) is 14.3. The minimum Gasteiger partial charge on any atom is -0.495 e. The number of benzene rings is 3. The van der Waals surface area contributed by atoms with Crippen LogP contribution in [0.3, 0.4) is 0 Å². The van der Waals surface area contributed by atoms with Crippen LogP contribution in [0.15, 0.2) is 77.7 Å². The minimum absolute atomic E-state index is 0.0334. The van der Waals surface area contributed by atoms with Crippen molar-refractivity contribution in [2.75, 3.05) is 26.5 Å². The average Bonchev–Trinajstić information content (AvgIpc) is 2.74. The van der Waals surface area contributed by atoms with Gasteiger partial charge < -0.3 is 14.8 Å². The Balaban J connectivity index is 1.83. The predicted octanol–water partition coefficient (Wildman–Crippen LogP) is 3.99. The third-order valence-corrected chi connectivity index (χ3v) is 6.09. The summed E-state index contributed by atoms with van der Waals surface area (Å²) < 4.78 is 37.1. The van der Waals surface area contributed by atoms with Gasteiger partial charge in [0.2, 0.25) is 10.0 Å². The molecule has 0 bridgehead atoms. The van der Waals surface area contributed by atoms with Crippen molar-refractivity contribution in [2.45, 2.75) is 4.90 Å². The number of carbonyl (C=O) groups is 1. The van der Waals surface area contributed by atoms with E-state index >= 15 is 0 Å². The first kappa shape index (κ1) is 21.4. The van der Waals surface area contributed by atoms with Crippen LogP contribution in [-0.2, 0) is 10.0 Å². The van der Waals surface area contributed by atoms with Gasteiger partial charge in [-0.2, -0.15) is 0 Å². The molecule has 0 aromatic heterocycles. The van der Waals surface area contributed by atoms with Crippen LogP contribution in [0, 0.1) is 0 Å². The molecule has 0 heterocycles. The lowest BCUT2D eigenvalue weighted by molar-refractivity contribution is 0.102. The number of rotatable bonds is 7. The molecule has 0 aliphatic heterocycles. The van der Waals surface area contributed by atoms with Crippen molar-refractivity contribution in [3.8, 4) is 17.2 Å². The molecule has 8 heteroatoms. The van der Waals surface area contributed by atoms with Crippen molar-refractivity contribution in [1.29, 1.82) is 0 Å². The number of hydrogen-bond donors (Lipinski definition) is 1. The van der Waals surface area contributed by atoms with Crippen molar-refractivity contribution < 1.29 is 22.7 Å². The maximum Gasteiger partial charge on any atom is 0.255 e. The monoisotopic (exact) mass is 426 g/mol. The minimum atomic E-state index is -3.75. The van der Waals surface area contributed by atoms with Crippen LogP contribution in [0.5, 0.6) is 17.2 Å². The normalized spacial score (nSPS) is 11.2. The zero-order chi connectivity index (χ0) is 21.7. The number of ether oxygens (including phenoxy) is 2. The Hall–Kier alpha value is -3.36. The van der Waals surface area contributed by atoms with E-state index in [-0.39, 0.29) is 10.6 Å². The van der Waals surface area contributed by atoms with E-state index in [2.05, 4.69) is 5.32 Å². The molecule has 0 fully saturated rings. The van der Waals surface area contributed by atoms with Crippen LogP contribution in [0.4, 0.5) is 5.69 Å².